The molecular weight excluding hydrogens is 340 g/mol. The van der Waals surface area contributed by atoms with Gasteiger partial charge in [0, 0.05) is 6.42 Å². The second kappa shape index (κ2) is 6.98. The van der Waals surface area contributed by atoms with Crippen LogP contribution in [0.5, 0.6) is 0 Å². The number of hydrogen-bond donors (Lipinski definition) is 1. The van der Waals surface area contributed by atoms with Crippen LogP contribution in [0.1, 0.15) is 64.4 Å². The summed E-state index contributed by atoms with van der Waals surface area (Å²) in [6.45, 7) is 8.73. The minimum atomic E-state index is -0.167. The number of aryl methyl sites for hydroxylation is 2. The smallest absolute Gasteiger partial charge is 0.306 e. The van der Waals surface area contributed by atoms with Crippen LogP contribution in [0.3, 0.4) is 0 Å². The molecule has 0 atom stereocenters. The predicted octanol–water partition coefficient (Wildman–Crippen LogP) is 4.10. The minimum absolute atomic E-state index is 0.0627. The number of halogens is 1. The van der Waals surface area contributed by atoms with Gasteiger partial charge in [0.25, 0.3) is 0 Å². The molecule has 0 saturated heterocycles. The Hall–Kier alpha value is -1.56. The maximum atomic E-state index is 12.1. The average molecular weight is 367 g/mol. The summed E-state index contributed by atoms with van der Waals surface area (Å²) in [6, 6.07) is 0. The first-order chi connectivity index (χ1) is 11.7. The minimum Gasteiger partial charge on any atom is -0.462 e. The number of hydrogen-bond acceptors (Lipinski definition) is 4. The molecule has 0 spiro atoms. The van der Waals surface area contributed by atoms with Crippen LogP contribution in [0, 0.1) is 18.3 Å². The maximum absolute atomic E-state index is 12.1. The van der Waals surface area contributed by atoms with Crippen LogP contribution < -0.4 is 0 Å². The van der Waals surface area contributed by atoms with Crippen molar-refractivity contribution >= 4 is 23.2 Å². The molecule has 0 radical (unpaired) electrons. The summed E-state index contributed by atoms with van der Waals surface area (Å²) in [5, 5.41) is 7.89. The lowest BCUT2D eigenvalue weighted by molar-refractivity contribution is -0.151. The van der Waals surface area contributed by atoms with Crippen molar-refractivity contribution in [3.63, 3.8) is 0 Å². The van der Waals surface area contributed by atoms with Crippen LogP contribution in [0.15, 0.2) is 0 Å². The van der Waals surface area contributed by atoms with E-state index in [2.05, 4.69) is 36.0 Å². The van der Waals surface area contributed by atoms with Crippen molar-refractivity contribution in [1.82, 2.24) is 19.8 Å². The highest BCUT2D eigenvalue weighted by atomic mass is 35.5. The highest BCUT2D eigenvalue weighted by Crippen LogP contribution is 2.38. The zero-order chi connectivity index (χ0) is 18.2. The molecule has 0 unspecified atom stereocenters. The van der Waals surface area contributed by atoms with E-state index >= 15 is 0 Å². The number of nitrogens with one attached hydrogen (secondary N) is 1. The van der Waals surface area contributed by atoms with Gasteiger partial charge in [-0.3, -0.25) is 9.89 Å². The number of aromatic nitrogens is 4. The molecule has 0 aliphatic heterocycles. The van der Waals surface area contributed by atoms with Crippen molar-refractivity contribution in [2.45, 2.75) is 72.3 Å². The Kier molecular flexibility index (Phi) is 5.09. The van der Waals surface area contributed by atoms with Crippen molar-refractivity contribution in [3.05, 3.63) is 16.5 Å². The molecule has 1 aliphatic rings. The summed E-state index contributed by atoms with van der Waals surface area (Å²) in [4.78, 5) is 16.5. The molecule has 1 fully saturated rings. The molecule has 0 bridgehead atoms. The summed E-state index contributed by atoms with van der Waals surface area (Å²) in [5.74, 6) is 1.15. The van der Waals surface area contributed by atoms with Gasteiger partial charge in [0.2, 0.25) is 0 Å². The Morgan fingerprint density at radius 3 is 2.60 bits per heavy atom. The SMILES string of the molecule is Cc1[nH]n2nc(CCC(=O)OC3CCC(C(C)(C)C)CC3)nc2c1Cl. The molecule has 0 amide bonds. The first-order valence-electron chi connectivity index (χ1n) is 9.03. The third kappa shape index (κ3) is 4.17. The molecular formula is C18H27ClN4O2. The summed E-state index contributed by atoms with van der Waals surface area (Å²) in [5.41, 5.74) is 1.76. The largest absolute Gasteiger partial charge is 0.462 e. The fourth-order valence-corrected chi connectivity index (χ4v) is 3.73. The fraction of sp³-hybridized carbons (Fsp3) is 0.722. The van der Waals surface area contributed by atoms with Crippen molar-refractivity contribution in [3.8, 4) is 0 Å². The van der Waals surface area contributed by atoms with Crippen molar-refractivity contribution in [2.75, 3.05) is 0 Å². The van der Waals surface area contributed by atoms with Crippen LogP contribution in [0.25, 0.3) is 5.65 Å². The van der Waals surface area contributed by atoms with E-state index in [0.717, 1.165) is 31.4 Å². The Morgan fingerprint density at radius 1 is 1.32 bits per heavy atom. The molecule has 0 aromatic carbocycles. The van der Waals surface area contributed by atoms with E-state index in [1.165, 1.54) is 0 Å². The Bertz CT molecular complexity index is 751. The Morgan fingerprint density at radius 2 is 2.00 bits per heavy atom. The summed E-state index contributed by atoms with van der Waals surface area (Å²) >= 11 is 6.14. The zero-order valence-electron chi connectivity index (χ0n) is 15.4. The summed E-state index contributed by atoms with van der Waals surface area (Å²) in [6.07, 6.45) is 5.01. The molecule has 2 heterocycles. The van der Waals surface area contributed by atoms with Crippen LogP contribution in [-0.2, 0) is 16.0 Å². The topological polar surface area (TPSA) is 72.3 Å². The van der Waals surface area contributed by atoms with Gasteiger partial charge in [0.15, 0.2) is 11.5 Å². The predicted molar refractivity (Wildman–Crippen MR) is 96.7 cm³/mol. The molecule has 138 valence electrons. The molecule has 2 aromatic rings. The van der Waals surface area contributed by atoms with Gasteiger partial charge in [-0.1, -0.05) is 32.4 Å². The van der Waals surface area contributed by atoms with E-state index < -0.39 is 0 Å². The Balaban J connectivity index is 1.46. The van der Waals surface area contributed by atoms with E-state index in [1.54, 1.807) is 4.63 Å². The molecule has 1 saturated carbocycles. The fourth-order valence-electron chi connectivity index (χ4n) is 3.56. The standard InChI is InChI=1S/C18H27ClN4O2/c1-11-16(19)17-20-14(22-23(17)21-11)9-10-15(24)25-13-7-5-12(6-8-13)18(2,3)4/h12-13,21H,5-10H2,1-4H3. The maximum Gasteiger partial charge on any atom is 0.306 e. The third-order valence-electron chi connectivity index (χ3n) is 5.20. The van der Waals surface area contributed by atoms with E-state index in [4.69, 9.17) is 16.3 Å². The van der Waals surface area contributed by atoms with Gasteiger partial charge >= 0.3 is 5.97 Å². The lowest BCUT2D eigenvalue weighted by atomic mass is 9.72. The van der Waals surface area contributed by atoms with Gasteiger partial charge in [-0.25, -0.2) is 4.98 Å². The highest BCUT2D eigenvalue weighted by Gasteiger charge is 2.31. The number of ether oxygens (including phenoxy) is 1. The van der Waals surface area contributed by atoms with Gasteiger partial charge in [0.05, 0.1) is 12.1 Å². The molecule has 1 N–H and O–H groups in total. The summed E-state index contributed by atoms with van der Waals surface area (Å²) in [7, 11) is 0. The number of rotatable bonds is 4. The van der Waals surface area contributed by atoms with Gasteiger partial charge in [0.1, 0.15) is 11.1 Å². The molecule has 6 nitrogen and oxygen atoms in total. The molecule has 7 heteroatoms. The number of carbonyl (C=O) groups excluding carboxylic acids is 1. The number of esters is 1. The first-order valence-corrected chi connectivity index (χ1v) is 9.41. The lowest BCUT2D eigenvalue weighted by Crippen LogP contribution is -2.30. The van der Waals surface area contributed by atoms with Gasteiger partial charge in [-0.05, 0) is 43.9 Å². The van der Waals surface area contributed by atoms with E-state index in [1.807, 2.05) is 6.92 Å². The monoisotopic (exact) mass is 366 g/mol. The van der Waals surface area contributed by atoms with Crippen LogP contribution in [0.2, 0.25) is 5.02 Å². The molecule has 25 heavy (non-hydrogen) atoms. The third-order valence-corrected chi connectivity index (χ3v) is 5.65. The van der Waals surface area contributed by atoms with E-state index in [-0.39, 0.29) is 12.1 Å². The van der Waals surface area contributed by atoms with Gasteiger partial charge < -0.3 is 4.74 Å². The molecule has 1 aliphatic carbocycles. The van der Waals surface area contributed by atoms with Crippen molar-refractivity contribution < 1.29 is 9.53 Å². The molecule has 3 rings (SSSR count). The number of fused-ring (bicyclic) bond motifs is 1. The number of nitrogens with zero attached hydrogens (tertiary/aromatic N) is 3. The quantitative estimate of drug-likeness (QED) is 0.827. The van der Waals surface area contributed by atoms with E-state index in [9.17, 15) is 4.79 Å². The molecule has 2 aromatic heterocycles. The van der Waals surface area contributed by atoms with Crippen molar-refractivity contribution in [2.24, 2.45) is 11.3 Å². The van der Waals surface area contributed by atoms with Crippen molar-refractivity contribution in [1.29, 1.82) is 0 Å². The van der Waals surface area contributed by atoms with Gasteiger partial charge in [-0.15, -0.1) is 5.10 Å². The number of carbonyl (C=O) groups is 1. The first kappa shape index (κ1) is 18.2. The summed E-state index contributed by atoms with van der Waals surface area (Å²) < 4.78 is 7.19. The zero-order valence-corrected chi connectivity index (χ0v) is 16.2. The second-order valence-corrected chi connectivity index (χ2v) is 8.52. The van der Waals surface area contributed by atoms with Crippen LogP contribution in [-0.4, -0.2) is 31.9 Å². The average Bonchev–Trinajstić information content (AvgIpc) is 3.05. The lowest BCUT2D eigenvalue weighted by Gasteiger charge is -2.36. The van der Waals surface area contributed by atoms with E-state index in [0.29, 0.717) is 40.7 Å². The van der Waals surface area contributed by atoms with Crippen LogP contribution >= 0.6 is 11.6 Å². The van der Waals surface area contributed by atoms with Crippen LogP contribution in [0.4, 0.5) is 0 Å². The highest BCUT2D eigenvalue weighted by molar-refractivity contribution is 6.34. The number of aromatic amines is 1. The number of H-pyrrole nitrogens is 1. The van der Waals surface area contributed by atoms with Gasteiger partial charge in [-0.2, -0.15) is 4.63 Å². The second-order valence-electron chi connectivity index (χ2n) is 8.14. The Labute approximate surface area is 153 Å². The normalized spacial score (nSPS) is 21.6.